The van der Waals surface area contributed by atoms with Crippen LogP contribution in [-0.2, 0) is 6.54 Å². The van der Waals surface area contributed by atoms with Crippen molar-refractivity contribution in [2.75, 3.05) is 19.5 Å². The molecule has 0 heterocycles. The predicted molar refractivity (Wildman–Crippen MR) is 110 cm³/mol. The number of hydrogen-bond acceptors (Lipinski definition) is 3. The first-order valence-corrected chi connectivity index (χ1v) is 9.03. The fraction of sp³-hybridized carbons (Fsp3) is 0.130. The number of para-hydroxylation sites is 1. The van der Waals surface area contributed by atoms with Crippen LogP contribution in [0.3, 0.4) is 0 Å². The number of anilines is 1. The first-order valence-electron chi connectivity index (χ1n) is 9.03. The third-order valence-electron chi connectivity index (χ3n) is 4.42. The lowest BCUT2D eigenvalue weighted by Gasteiger charge is -2.20. The third kappa shape index (κ3) is 4.79. The molecule has 0 atom stereocenters. The number of nitrogens with zero attached hydrogens (tertiary/aromatic N) is 1. The van der Waals surface area contributed by atoms with Gasteiger partial charge in [-0.05, 0) is 42.0 Å². The lowest BCUT2D eigenvalue weighted by Crippen LogP contribution is -2.27. The highest BCUT2D eigenvalue weighted by molar-refractivity contribution is 6.08. The number of benzene rings is 3. The van der Waals surface area contributed by atoms with Crippen LogP contribution in [-0.4, -0.2) is 30.9 Å². The van der Waals surface area contributed by atoms with Crippen molar-refractivity contribution in [1.29, 1.82) is 0 Å². The average molecular weight is 392 g/mol. The van der Waals surface area contributed by atoms with Gasteiger partial charge >= 0.3 is 0 Å². The van der Waals surface area contributed by atoms with Gasteiger partial charge in [-0.3, -0.25) is 9.59 Å². The molecule has 0 aromatic heterocycles. The molecule has 0 aliphatic rings. The molecule has 3 aromatic rings. The molecule has 0 saturated heterocycles. The van der Waals surface area contributed by atoms with Gasteiger partial charge < -0.3 is 15.0 Å². The van der Waals surface area contributed by atoms with Crippen LogP contribution in [0.15, 0.2) is 72.8 Å². The predicted octanol–water partition coefficient (Wildman–Crippen LogP) is 4.36. The van der Waals surface area contributed by atoms with Crippen molar-refractivity contribution in [3.63, 3.8) is 0 Å². The number of ether oxygens (including phenoxy) is 1. The monoisotopic (exact) mass is 392 g/mol. The molecule has 0 aliphatic heterocycles. The zero-order valence-electron chi connectivity index (χ0n) is 16.2. The Labute approximate surface area is 168 Å². The minimum atomic E-state index is -0.485. The maximum Gasteiger partial charge on any atom is 0.256 e. The molecule has 5 nitrogen and oxygen atoms in total. The van der Waals surface area contributed by atoms with Gasteiger partial charge in [0.1, 0.15) is 0 Å². The zero-order valence-corrected chi connectivity index (χ0v) is 16.2. The van der Waals surface area contributed by atoms with E-state index in [1.165, 1.54) is 24.1 Å². The van der Waals surface area contributed by atoms with Crippen molar-refractivity contribution in [3.05, 3.63) is 95.3 Å². The van der Waals surface area contributed by atoms with Gasteiger partial charge in [-0.25, -0.2) is 4.39 Å². The fourth-order valence-corrected chi connectivity index (χ4v) is 2.92. The van der Waals surface area contributed by atoms with Gasteiger partial charge in [0.15, 0.2) is 11.6 Å². The van der Waals surface area contributed by atoms with Gasteiger partial charge in [0.2, 0.25) is 0 Å². The van der Waals surface area contributed by atoms with Crippen LogP contribution >= 0.6 is 0 Å². The largest absolute Gasteiger partial charge is 0.494 e. The molecule has 148 valence electrons. The Bertz CT molecular complexity index is 1020. The minimum absolute atomic E-state index is 0.150. The normalized spacial score (nSPS) is 10.3. The summed E-state index contributed by atoms with van der Waals surface area (Å²) in [7, 11) is 3.02. The molecular formula is C23H21FN2O3. The van der Waals surface area contributed by atoms with Crippen LogP contribution in [0.2, 0.25) is 0 Å². The van der Waals surface area contributed by atoms with Crippen molar-refractivity contribution < 1.29 is 18.7 Å². The molecule has 0 aliphatic carbocycles. The van der Waals surface area contributed by atoms with E-state index in [1.807, 2.05) is 6.07 Å². The van der Waals surface area contributed by atoms with E-state index in [1.54, 1.807) is 61.6 Å². The topological polar surface area (TPSA) is 58.6 Å². The minimum Gasteiger partial charge on any atom is -0.494 e. The Morgan fingerprint density at radius 2 is 1.69 bits per heavy atom. The van der Waals surface area contributed by atoms with Gasteiger partial charge in [-0.15, -0.1) is 0 Å². The molecule has 3 rings (SSSR count). The molecule has 6 heteroatoms. The number of hydrogen-bond donors (Lipinski definition) is 1. The molecule has 0 bridgehead atoms. The molecule has 2 amide bonds. The molecule has 0 fully saturated rings. The number of carbonyl (C=O) groups excluding carboxylic acids is 2. The second kappa shape index (κ2) is 9.01. The van der Waals surface area contributed by atoms with Gasteiger partial charge in [0.05, 0.1) is 18.4 Å². The van der Waals surface area contributed by atoms with E-state index >= 15 is 0 Å². The van der Waals surface area contributed by atoms with Crippen LogP contribution in [0.4, 0.5) is 10.1 Å². The molecule has 3 aromatic carbocycles. The number of amides is 2. The Morgan fingerprint density at radius 1 is 1.00 bits per heavy atom. The maximum absolute atomic E-state index is 13.9. The van der Waals surface area contributed by atoms with Gasteiger partial charge in [0.25, 0.3) is 11.8 Å². The van der Waals surface area contributed by atoms with Crippen molar-refractivity contribution in [2.45, 2.75) is 6.54 Å². The first kappa shape index (κ1) is 20.1. The summed E-state index contributed by atoms with van der Waals surface area (Å²) in [6.07, 6.45) is 0. The summed E-state index contributed by atoms with van der Waals surface area (Å²) < 4.78 is 18.8. The summed E-state index contributed by atoms with van der Waals surface area (Å²) >= 11 is 0. The summed E-state index contributed by atoms with van der Waals surface area (Å²) in [5.41, 5.74) is 1.90. The van der Waals surface area contributed by atoms with Gasteiger partial charge in [-0.1, -0.05) is 36.4 Å². The highest BCUT2D eigenvalue weighted by Gasteiger charge is 2.18. The van der Waals surface area contributed by atoms with Crippen LogP contribution in [0.25, 0.3) is 0 Å². The van der Waals surface area contributed by atoms with E-state index in [-0.39, 0.29) is 24.1 Å². The standard InChI is InChI=1S/C23H21FN2O3/c1-26(15-16-12-13-21(29-2)19(24)14-16)23(28)18-10-6-7-11-20(18)25-22(27)17-8-4-3-5-9-17/h3-14H,15H2,1-2H3,(H,25,27). The Morgan fingerprint density at radius 3 is 2.38 bits per heavy atom. The van der Waals surface area contributed by atoms with Crippen LogP contribution in [0.5, 0.6) is 5.75 Å². The molecular weight excluding hydrogens is 371 g/mol. The Hall–Kier alpha value is -3.67. The molecule has 0 spiro atoms. The van der Waals surface area contributed by atoms with E-state index in [0.717, 1.165) is 0 Å². The highest BCUT2D eigenvalue weighted by atomic mass is 19.1. The van der Waals surface area contributed by atoms with E-state index in [2.05, 4.69) is 5.32 Å². The summed E-state index contributed by atoms with van der Waals surface area (Å²) in [4.78, 5) is 26.9. The summed E-state index contributed by atoms with van der Waals surface area (Å²) in [5, 5.41) is 2.79. The Kier molecular flexibility index (Phi) is 6.24. The second-order valence-corrected chi connectivity index (χ2v) is 6.50. The lowest BCUT2D eigenvalue weighted by molar-refractivity contribution is 0.0786. The van der Waals surface area contributed by atoms with Crippen molar-refractivity contribution >= 4 is 17.5 Å². The molecule has 0 saturated carbocycles. The van der Waals surface area contributed by atoms with Crippen molar-refractivity contribution in [2.24, 2.45) is 0 Å². The van der Waals surface area contributed by atoms with Crippen molar-refractivity contribution in [1.82, 2.24) is 4.90 Å². The van der Waals surface area contributed by atoms with Crippen molar-refractivity contribution in [3.8, 4) is 5.75 Å². The molecule has 0 unspecified atom stereocenters. The maximum atomic E-state index is 13.9. The van der Waals surface area contributed by atoms with E-state index < -0.39 is 5.82 Å². The number of rotatable bonds is 6. The van der Waals surface area contributed by atoms with Crippen LogP contribution in [0, 0.1) is 5.82 Å². The molecule has 29 heavy (non-hydrogen) atoms. The molecule has 0 radical (unpaired) electrons. The van der Waals surface area contributed by atoms with Crippen LogP contribution < -0.4 is 10.1 Å². The quantitative estimate of drug-likeness (QED) is 0.678. The zero-order chi connectivity index (χ0) is 20.8. The summed E-state index contributed by atoms with van der Waals surface area (Å²) in [6, 6.07) is 20.1. The lowest BCUT2D eigenvalue weighted by atomic mass is 10.1. The van der Waals surface area contributed by atoms with E-state index in [9.17, 15) is 14.0 Å². The average Bonchev–Trinajstić information content (AvgIpc) is 2.74. The summed E-state index contributed by atoms with van der Waals surface area (Å²) in [6.45, 7) is 0.209. The van der Waals surface area contributed by atoms with Gasteiger partial charge in [0, 0.05) is 19.2 Å². The number of halogens is 1. The van der Waals surface area contributed by atoms with E-state index in [0.29, 0.717) is 22.4 Å². The number of nitrogens with one attached hydrogen (secondary N) is 1. The number of carbonyl (C=O) groups is 2. The Balaban J connectivity index is 1.77. The van der Waals surface area contributed by atoms with Gasteiger partial charge in [-0.2, -0.15) is 0 Å². The molecule has 1 N–H and O–H groups in total. The fourth-order valence-electron chi connectivity index (χ4n) is 2.92. The number of methoxy groups -OCH3 is 1. The SMILES string of the molecule is COc1ccc(CN(C)C(=O)c2ccccc2NC(=O)c2ccccc2)cc1F. The van der Waals surface area contributed by atoms with Crippen LogP contribution in [0.1, 0.15) is 26.3 Å². The van der Waals surface area contributed by atoms with E-state index in [4.69, 9.17) is 4.74 Å². The second-order valence-electron chi connectivity index (χ2n) is 6.50. The third-order valence-corrected chi connectivity index (χ3v) is 4.42. The smallest absolute Gasteiger partial charge is 0.256 e. The first-order chi connectivity index (χ1) is 14.0. The summed E-state index contributed by atoms with van der Waals surface area (Å²) in [5.74, 6) is -0.922. The highest BCUT2D eigenvalue weighted by Crippen LogP contribution is 2.21.